The Morgan fingerprint density at radius 3 is 2.76 bits per heavy atom. The van der Waals surface area contributed by atoms with Gasteiger partial charge < -0.3 is 9.84 Å². The molecular weight excluding hydrogens is 284 g/mol. The molecule has 2 heterocycles. The number of nitrogens with zero attached hydrogens (tertiary/aromatic N) is 2. The fraction of sp³-hybridized carbons (Fsp3) is 0.812. The maximum atomic E-state index is 10.5. The van der Waals surface area contributed by atoms with Gasteiger partial charge in [0.25, 0.3) is 0 Å². The Balaban J connectivity index is 1.94. The van der Waals surface area contributed by atoms with Crippen molar-refractivity contribution in [3.05, 3.63) is 16.1 Å². The van der Waals surface area contributed by atoms with Gasteiger partial charge in [-0.3, -0.25) is 4.90 Å². The number of aliphatic hydroxyl groups excluding tert-OH is 1. The molecule has 1 aliphatic rings. The molecule has 0 bridgehead atoms. The first kappa shape index (κ1) is 16.9. The van der Waals surface area contributed by atoms with Crippen LogP contribution in [0.25, 0.3) is 0 Å². The van der Waals surface area contributed by atoms with Crippen molar-refractivity contribution < 1.29 is 9.84 Å². The van der Waals surface area contributed by atoms with Crippen LogP contribution >= 0.6 is 11.3 Å². The molecule has 120 valence electrons. The lowest BCUT2D eigenvalue weighted by Gasteiger charge is -2.37. The smallest absolute Gasteiger partial charge is 0.0965 e. The Kier molecular flexibility index (Phi) is 5.41. The largest absolute Gasteiger partial charge is 0.390 e. The average Bonchev–Trinajstić information content (AvgIpc) is 2.87. The topological polar surface area (TPSA) is 45.6 Å². The molecule has 2 unspecified atom stereocenters. The molecule has 0 amide bonds. The van der Waals surface area contributed by atoms with Crippen molar-refractivity contribution in [3.8, 4) is 0 Å². The summed E-state index contributed by atoms with van der Waals surface area (Å²) in [6, 6.07) is 0.496. The minimum atomic E-state index is -0.481. The molecule has 1 aromatic rings. The molecule has 1 aromatic heterocycles. The predicted molar refractivity (Wildman–Crippen MR) is 87.0 cm³/mol. The van der Waals surface area contributed by atoms with Gasteiger partial charge in [0.05, 0.1) is 29.5 Å². The molecule has 4 nitrogen and oxygen atoms in total. The summed E-state index contributed by atoms with van der Waals surface area (Å²) in [7, 11) is 0. The monoisotopic (exact) mass is 312 g/mol. The molecule has 0 radical (unpaired) electrons. The molecular formula is C16H28N2O2S. The first-order valence-electron chi connectivity index (χ1n) is 7.76. The van der Waals surface area contributed by atoms with E-state index in [-0.39, 0.29) is 11.5 Å². The van der Waals surface area contributed by atoms with E-state index in [1.807, 2.05) is 0 Å². The second-order valence-electron chi connectivity index (χ2n) is 7.15. The van der Waals surface area contributed by atoms with Crippen LogP contribution in [0.2, 0.25) is 0 Å². The number of thiazole rings is 1. The van der Waals surface area contributed by atoms with Gasteiger partial charge in [0.1, 0.15) is 0 Å². The molecule has 0 saturated carbocycles. The Morgan fingerprint density at radius 1 is 1.48 bits per heavy atom. The Hall–Kier alpha value is -0.490. The molecule has 1 aliphatic heterocycles. The first-order chi connectivity index (χ1) is 9.77. The van der Waals surface area contributed by atoms with Crippen LogP contribution in [0.1, 0.15) is 45.3 Å². The molecule has 1 saturated heterocycles. The van der Waals surface area contributed by atoms with Crippen molar-refractivity contribution in [2.75, 3.05) is 19.7 Å². The van der Waals surface area contributed by atoms with Gasteiger partial charge >= 0.3 is 0 Å². The highest BCUT2D eigenvalue weighted by atomic mass is 32.1. The summed E-state index contributed by atoms with van der Waals surface area (Å²) in [5.41, 5.74) is 1.17. The molecule has 2 atom stereocenters. The third-order valence-corrected chi connectivity index (χ3v) is 4.86. The van der Waals surface area contributed by atoms with Crippen LogP contribution in [0.15, 0.2) is 5.38 Å². The van der Waals surface area contributed by atoms with Crippen LogP contribution < -0.4 is 0 Å². The van der Waals surface area contributed by atoms with Gasteiger partial charge in [0.2, 0.25) is 0 Å². The van der Waals surface area contributed by atoms with Crippen LogP contribution in [0.3, 0.4) is 0 Å². The maximum absolute atomic E-state index is 10.5. The predicted octanol–water partition coefficient (Wildman–Crippen LogP) is 2.45. The third-order valence-electron chi connectivity index (χ3n) is 3.99. The fourth-order valence-electron chi connectivity index (χ4n) is 2.46. The van der Waals surface area contributed by atoms with Crippen molar-refractivity contribution in [1.29, 1.82) is 0 Å². The fourth-order valence-corrected chi connectivity index (χ4v) is 3.53. The first-order valence-corrected chi connectivity index (χ1v) is 8.64. The lowest BCUT2D eigenvalue weighted by molar-refractivity contribution is -0.0940. The van der Waals surface area contributed by atoms with Gasteiger partial charge in [0, 0.05) is 36.3 Å². The summed E-state index contributed by atoms with van der Waals surface area (Å²) in [6.07, 6.45) is -0.00851. The van der Waals surface area contributed by atoms with Crippen LogP contribution in [-0.4, -0.2) is 52.9 Å². The van der Waals surface area contributed by atoms with Crippen LogP contribution in [0, 0.1) is 0 Å². The summed E-state index contributed by atoms with van der Waals surface area (Å²) in [5, 5.41) is 13.6. The van der Waals surface area contributed by atoms with Crippen LogP contribution in [0.5, 0.6) is 0 Å². The van der Waals surface area contributed by atoms with E-state index in [1.54, 1.807) is 11.3 Å². The quantitative estimate of drug-likeness (QED) is 0.927. The maximum Gasteiger partial charge on any atom is 0.0965 e. The number of rotatable bonds is 4. The summed E-state index contributed by atoms with van der Waals surface area (Å²) < 4.78 is 5.75. The molecule has 1 N–H and O–H groups in total. The van der Waals surface area contributed by atoms with Crippen molar-refractivity contribution in [1.82, 2.24) is 9.88 Å². The minimum absolute atomic E-state index is 0.0650. The van der Waals surface area contributed by atoms with E-state index in [1.165, 1.54) is 0 Å². The normalized spacial score (nSPS) is 22.7. The van der Waals surface area contributed by atoms with E-state index in [9.17, 15) is 5.11 Å². The number of aromatic nitrogens is 1. The van der Waals surface area contributed by atoms with Gasteiger partial charge in [-0.15, -0.1) is 11.3 Å². The van der Waals surface area contributed by atoms with E-state index in [2.05, 4.69) is 49.9 Å². The van der Waals surface area contributed by atoms with Crippen molar-refractivity contribution in [2.45, 2.75) is 64.7 Å². The number of ether oxygens (including phenoxy) is 1. The van der Waals surface area contributed by atoms with Gasteiger partial charge in [-0.1, -0.05) is 20.8 Å². The van der Waals surface area contributed by atoms with E-state index in [0.29, 0.717) is 19.1 Å². The van der Waals surface area contributed by atoms with Gasteiger partial charge in [0.15, 0.2) is 0 Å². The zero-order valence-electron chi connectivity index (χ0n) is 13.8. The average molecular weight is 312 g/mol. The number of aliphatic hydroxyl groups is 1. The standard InChI is InChI=1S/C16H28N2O2S/c1-11(2)18-6-7-20-13(9-18)12(19)8-15-17-14(10-21-15)16(3,4)5/h10-13,19H,6-9H2,1-5H3. The highest BCUT2D eigenvalue weighted by Crippen LogP contribution is 2.25. The lowest BCUT2D eigenvalue weighted by Crippen LogP contribution is -2.50. The zero-order valence-corrected chi connectivity index (χ0v) is 14.6. The Labute approximate surface area is 132 Å². The van der Waals surface area contributed by atoms with Gasteiger partial charge in [-0.2, -0.15) is 0 Å². The number of hydrogen-bond donors (Lipinski definition) is 1. The van der Waals surface area contributed by atoms with Gasteiger partial charge in [-0.25, -0.2) is 4.98 Å². The molecule has 5 heteroatoms. The molecule has 2 rings (SSSR count). The third kappa shape index (κ3) is 4.49. The molecule has 0 aliphatic carbocycles. The highest BCUT2D eigenvalue weighted by molar-refractivity contribution is 7.09. The molecule has 1 fully saturated rings. The minimum Gasteiger partial charge on any atom is -0.390 e. The number of hydrogen-bond acceptors (Lipinski definition) is 5. The van der Waals surface area contributed by atoms with E-state index < -0.39 is 6.10 Å². The summed E-state index contributed by atoms with van der Waals surface area (Å²) in [6.45, 7) is 13.3. The summed E-state index contributed by atoms with van der Waals surface area (Å²) >= 11 is 1.64. The summed E-state index contributed by atoms with van der Waals surface area (Å²) in [4.78, 5) is 7.02. The second-order valence-corrected chi connectivity index (χ2v) is 8.09. The highest BCUT2D eigenvalue weighted by Gasteiger charge is 2.29. The second kappa shape index (κ2) is 6.73. The Morgan fingerprint density at radius 2 is 2.19 bits per heavy atom. The summed E-state index contributed by atoms with van der Waals surface area (Å²) in [5.74, 6) is 0. The Bertz CT molecular complexity index is 453. The van der Waals surface area contributed by atoms with Gasteiger partial charge in [-0.05, 0) is 13.8 Å². The molecule has 0 spiro atoms. The van der Waals surface area contributed by atoms with E-state index in [4.69, 9.17) is 4.74 Å². The van der Waals surface area contributed by atoms with Crippen LogP contribution in [-0.2, 0) is 16.6 Å². The van der Waals surface area contributed by atoms with Crippen molar-refractivity contribution in [3.63, 3.8) is 0 Å². The zero-order chi connectivity index (χ0) is 15.6. The SMILES string of the molecule is CC(C)N1CCOC(C(O)Cc2nc(C(C)(C)C)cs2)C1. The molecule has 21 heavy (non-hydrogen) atoms. The molecule has 0 aromatic carbocycles. The van der Waals surface area contributed by atoms with E-state index in [0.717, 1.165) is 23.8 Å². The van der Waals surface area contributed by atoms with E-state index >= 15 is 0 Å². The van der Waals surface area contributed by atoms with Crippen molar-refractivity contribution >= 4 is 11.3 Å². The lowest BCUT2D eigenvalue weighted by atomic mass is 9.93. The van der Waals surface area contributed by atoms with Crippen LogP contribution in [0.4, 0.5) is 0 Å². The van der Waals surface area contributed by atoms with Crippen molar-refractivity contribution in [2.24, 2.45) is 0 Å². The number of morpholine rings is 1.